The minimum absolute atomic E-state index is 0.0173. The normalized spacial score (nSPS) is 25.6. The Morgan fingerprint density at radius 1 is 0.323 bits per heavy atom. The lowest BCUT2D eigenvalue weighted by Gasteiger charge is -2.48. The Labute approximate surface area is 381 Å². The molecule has 0 bridgehead atoms. The summed E-state index contributed by atoms with van der Waals surface area (Å²) in [4.78, 5) is 0. The summed E-state index contributed by atoms with van der Waals surface area (Å²) in [5, 5.41) is 24.3. The van der Waals surface area contributed by atoms with Gasteiger partial charge in [-0.15, -0.1) is 0 Å². The van der Waals surface area contributed by atoms with Gasteiger partial charge in [0.25, 0.3) is 0 Å². The molecule has 0 saturated carbocycles. The molecule has 0 spiro atoms. The second-order valence-electron chi connectivity index (χ2n) is 16.2. The third-order valence-electron chi connectivity index (χ3n) is 11.4. The molecule has 2 aliphatic rings. The lowest BCUT2D eigenvalue weighted by molar-refractivity contribution is -0.390. The van der Waals surface area contributed by atoms with Gasteiger partial charge in [-0.2, -0.15) is 0 Å². The van der Waals surface area contributed by atoms with Crippen molar-refractivity contribution in [3.05, 3.63) is 215 Å². The van der Waals surface area contributed by atoms with Crippen molar-refractivity contribution in [2.75, 3.05) is 13.2 Å². The van der Waals surface area contributed by atoms with Crippen LogP contribution in [0.15, 0.2) is 182 Å². The monoisotopic (exact) mass is 882 g/mol. The fraction of sp³-hybridized carbons (Fsp3) is 0.333. The van der Waals surface area contributed by atoms with E-state index in [1.807, 2.05) is 182 Å². The van der Waals surface area contributed by atoms with Crippen molar-refractivity contribution in [3.8, 4) is 0 Å². The Morgan fingerprint density at radius 2 is 0.569 bits per heavy atom. The molecular formula is C54H58O11. The van der Waals surface area contributed by atoms with E-state index in [0.29, 0.717) is 13.2 Å². The molecule has 11 nitrogen and oxygen atoms in total. The summed E-state index contributed by atoms with van der Waals surface area (Å²) >= 11 is 0. The topological polar surface area (TPSA) is 124 Å². The molecule has 65 heavy (non-hydrogen) atoms. The first-order chi connectivity index (χ1) is 32.1. The van der Waals surface area contributed by atoms with Crippen LogP contribution in [0.2, 0.25) is 0 Å². The average molecular weight is 883 g/mol. The molecule has 340 valence electrons. The highest BCUT2D eigenvalue weighted by Crippen LogP contribution is 2.35. The second-order valence-corrected chi connectivity index (χ2v) is 16.2. The van der Waals surface area contributed by atoms with Crippen molar-refractivity contribution >= 4 is 0 Å². The highest BCUT2D eigenvalue weighted by Gasteiger charge is 2.53. The molecule has 2 heterocycles. The summed E-state index contributed by atoms with van der Waals surface area (Å²) in [7, 11) is 0. The first-order valence-electron chi connectivity index (χ1n) is 22.3. The van der Waals surface area contributed by atoms with E-state index in [1.165, 1.54) is 0 Å². The van der Waals surface area contributed by atoms with Crippen LogP contribution < -0.4 is 0 Å². The summed E-state index contributed by atoms with van der Waals surface area (Å²) in [5.74, 6) is 0. The number of aliphatic hydroxyl groups excluding tert-OH is 2. The minimum Gasteiger partial charge on any atom is -0.387 e. The van der Waals surface area contributed by atoms with Gasteiger partial charge in [0.2, 0.25) is 0 Å². The first kappa shape index (κ1) is 46.4. The molecule has 6 aromatic carbocycles. The van der Waals surface area contributed by atoms with Crippen LogP contribution in [0.25, 0.3) is 0 Å². The Bertz CT molecular complexity index is 2050. The average Bonchev–Trinajstić information content (AvgIpc) is 3.36. The molecule has 0 aliphatic carbocycles. The van der Waals surface area contributed by atoms with Crippen LogP contribution in [0.1, 0.15) is 33.4 Å². The van der Waals surface area contributed by atoms with E-state index in [0.717, 1.165) is 33.4 Å². The van der Waals surface area contributed by atoms with Gasteiger partial charge < -0.3 is 52.8 Å². The fourth-order valence-electron chi connectivity index (χ4n) is 7.94. The van der Waals surface area contributed by atoms with Gasteiger partial charge in [0.1, 0.15) is 48.8 Å². The summed E-state index contributed by atoms with van der Waals surface area (Å²) < 4.78 is 59.5. The van der Waals surface area contributed by atoms with Crippen LogP contribution in [0.4, 0.5) is 0 Å². The zero-order valence-electron chi connectivity index (χ0n) is 36.3. The maximum Gasteiger partial charge on any atom is 0.190 e. The molecule has 0 unspecified atom stereocenters. The quantitative estimate of drug-likeness (QED) is 0.0691. The Hall–Kier alpha value is -5.12. The standard InChI is InChI=1S/C54H58O11/c55-47-45(37-57-31-39-19-7-1-8-20-39)63-53(51(61-35-43-27-15-5-16-28-43)49(47)59-33-41-23-11-3-12-24-41)65-54-52(62-36-44-29-17-6-18-30-44)50(60-34-42-25-13-4-14-26-42)48(56)46(64-54)38-58-32-40-21-9-2-10-22-40/h1-30,45-56H,31-38H2/t45-,46-,47-,48-,49+,50+,51-,52-,53-,54-/m1/s1. The number of hydrogen-bond donors (Lipinski definition) is 2. The molecule has 0 amide bonds. The number of rotatable bonds is 22. The highest BCUT2D eigenvalue weighted by molar-refractivity contribution is 5.18. The molecule has 2 aliphatic heterocycles. The van der Waals surface area contributed by atoms with Crippen molar-refractivity contribution in [1.29, 1.82) is 0 Å². The van der Waals surface area contributed by atoms with Crippen molar-refractivity contribution in [3.63, 3.8) is 0 Å². The largest absolute Gasteiger partial charge is 0.387 e. The number of benzene rings is 6. The predicted octanol–water partition coefficient (Wildman–Crippen LogP) is 7.95. The molecule has 6 aromatic rings. The van der Waals surface area contributed by atoms with Crippen LogP contribution in [0, 0.1) is 0 Å². The van der Waals surface area contributed by atoms with Gasteiger partial charge in [-0.3, -0.25) is 0 Å². The van der Waals surface area contributed by atoms with Crippen LogP contribution in [-0.2, 0) is 82.3 Å². The zero-order valence-corrected chi connectivity index (χ0v) is 36.3. The molecule has 0 aromatic heterocycles. The van der Waals surface area contributed by atoms with Crippen molar-refractivity contribution in [2.45, 2.75) is 101 Å². The van der Waals surface area contributed by atoms with Gasteiger partial charge in [-0.25, -0.2) is 0 Å². The van der Waals surface area contributed by atoms with Gasteiger partial charge in [-0.1, -0.05) is 182 Å². The fourth-order valence-corrected chi connectivity index (χ4v) is 7.94. The molecule has 2 N–H and O–H groups in total. The first-order valence-corrected chi connectivity index (χ1v) is 22.3. The van der Waals surface area contributed by atoms with E-state index in [4.69, 9.17) is 42.6 Å². The molecular weight excluding hydrogens is 825 g/mol. The SMILES string of the molecule is O[C@H]1[C@H](OCc2ccccc2)[C@@H](OCc2ccccc2)[C@@H](O[C@H]2O[C@H](COCc3ccccc3)[C@@H](O)[C@H](OCc3ccccc3)[C@H]2OCc2ccccc2)O[C@@H]1COCc1ccccc1. The smallest absolute Gasteiger partial charge is 0.190 e. The summed E-state index contributed by atoms with van der Waals surface area (Å²) in [5.41, 5.74) is 5.59. The van der Waals surface area contributed by atoms with Crippen LogP contribution in [-0.4, -0.2) is 84.8 Å². The summed E-state index contributed by atoms with van der Waals surface area (Å²) in [6, 6.07) is 58.6. The highest BCUT2D eigenvalue weighted by atomic mass is 16.8. The van der Waals surface area contributed by atoms with E-state index >= 15 is 0 Å². The minimum atomic E-state index is -1.20. The number of hydrogen-bond acceptors (Lipinski definition) is 11. The van der Waals surface area contributed by atoms with Crippen LogP contribution >= 0.6 is 0 Å². The van der Waals surface area contributed by atoms with Crippen molar-refractivity contribution in [2.24, 2.45) is 0 Å². The Morgan fingerprint density at radius 3 is 0.846 bits per heavy atom. The van der Waals surface area contributed by atoms with E-state index < -0.39 is 61.4 Å². The molecule has 11 heteroatoms. The van der Waals surface area contributed by atoms with Gasteiger partial charge in [0.15, 0.2) is 12.6 Å². The predicted molar refractivity (Wildman–Crippen MR) is 243 cm³/mol. The molecule has 10 atom stereocenters. The summed E-state index contributed by atoms with van der Waals surface area (Å²) in [6.07, 6.45) is -10.4. The Kier molecular flexibility index (Phi) is 17.4. The lowest BCUT2D eigenvalue weighted by atomic mass is 9.97. The molecule has 0 radical (unpaired) electrons. The number of aliphatic hydroxyl groups is 2. The third-order valence-corrected chi connectivity index (χ3v) is 11.4. The van der Waals surface area contributed by atoms with Crippen LogP contribution in [0.3, 0.4) is 0 Å². The Balaban J connectivity index is 1.12. The van der Waals surface area contributed by atoms with E-state index in [9.17, 15) is 10.2 Å². The lowest BCUT2D eigenvalue weighted by Crippen LogP contribution is -2.65. The van der Waals surface area contributed by atoms with E-state index in [2.05, 4.69) is 0 Å². The van der Waals surface area contributed by atoms with Crippen molar-refractivity contribution in [1.82, 2.24) is 0 Å². The van der Waals surface area contributed by atoms with Crippen molar-refractivity contribution < 1.29 is 52.8 Å². The van der Waals surface area contributed by atoms with Gasteiger partial charge in [0.05, 0.1) is 52.9 Å². The van der Waals surface area contributed by atoms with E-state index in [1.54, 1.807) is 0 Å². The van der Waals surface area contributed by atoms with Crippen LogP contribution in [0.5, 0.6) is 0 Å². The second kappa shape index (κ2) is 24.4. The van der Waals surface area contributed by atoms with E-state index in [-0.39, 0.29) is 39.6 Å². The number of ether oxygens (including phenoxy) is 9. The van der Waals surface area contributed by atoms with Gasteiger partial charge in [-0.05, 0) is 33.4 Å². The molecule has 8 rings (SSSR count). The molecule has 2 saturated heterocycles. The maximum absolute atomic E-state index is 12.2. The van der Waals surface area contributed by atoms with Gasteiger partial charge in [0, 0.05) is 0 Å². The summed E-state index contributed by atoms with van der Waals surface area (Å²) in [6.45, 7) is 1.33. The molecule has 2 fully saturated rings. The third kappa shape index (κ3) is 13.5. The van der Waals surface area contributed by atoms with Gasteiger partial charge >= 0.3 is 0 Å². The zero-order chi connectivity index (χ0) is 44.5. The maximum atomic E-state index is 12.2.